The Labute approximate surface area is 134 Å². The Morgan fingerprint density at radius 1 is 1.43 bits per heavy atom. The Morgan fingerprint density at radius 3 is 2.95 bits per heavy atom. The lowest BCUT2D eigenvalue weighted by Gasteiger charge is -2.17. The maximum atomic E-state index is 13.2. The van der Waals surface area contributed by atoms with Gasteiger partial charge in [0.05, 0.1) is 10.7 Å². The van der Waals surface area contributed by atoms with Crippen LogP contribution in [0.15, 0.2) is 34.5 Å². The van der Waals surface area contributed by atoms with Crippen molar-refractivity contribution in [2.45, 2.75) is 37.6 Å². The fourth-order valence-corrected chi connectivity index (χ4v) is 3.67. The lowest BCUT2D eigenvalue weighted by atomic mass is 10.2. The second kappa shape index (κ2) is 8.51. The van der Waals surface area contributed by atoms with E-state index in [1.165, 1.54) is 6.07 Å². The third-order valence-electron chi connectivity index (χ3n) is 3.05. The van der Waals surface area contributed by atoms with Crippen LogP contribution in [0.1, 0.15) is 24.0 Å². The number of hydrogen-bond acceptors (Lipinski definition) is 4. The first-order chi connectivity index (χ1) is 10.2. The van der Waals surface area contributed by atoms with E-state index in [9.17, 15) is 4.39 Å². The largest absolute Gasteiger partial charge is 0.313 e. The summed E-state index contributed by atoms with van der Waals surface area (Å²) in [6.07, 6.45) is 2.03. The molecular weight excluding hydrogens is 303 g/mol. The van der Waals surface area contributed by atoms with Crippen LogP contribution in [-0.2, 0) is 6.42 Å². The molecule has 0 aliphatic heterocycles. The van der Waals surface area contributed by atoms with Crippen LogP contribution in [0.4, 0.5) is 4.39 Å². The van der Waals surface area contributed by atoms with Gasteiger partial charge >= 0.3 is 0 Å². The van der Waals surface area contributed by atoms with Crippen molar-refractivity contribution in [2.24, 2.45) is 0 Å². The highest BCUT2D eigenvalue weighted by Gasteiger charge is 2.11. The SMILES string of the molecule is CCCNC(CSc1cccc(F)c1)Cc1csc(C)n1. The molecule has 2 nitrogen and oxygen atoms in total. The molecule has 1 unspecified atom stereocenters. The monoisotopic (exact) mass is 324 g/mol. The lowest BCUT2D eigenvalue weighted by Crippen LogP contribution is -2.34. The molecule has 114 valence electrons. The molecule has 2 aromatic rings. The van der Waals surface area contributed by atoms with Crippen molar-refractivity contribution < 1.29 is 4.39 Å². The summed E-state index contributed by atoms with van der Waals surface area (Å²) in [5.74, 6) is 0.744. The minimum Gasteiger partial charge on any atom is -0.313 e. The molecule has 0 aliphatic carbocycles. The maximum Gasteiger partial charge on any atom is 0.124 e. The van der Waals surface area contributed by atoms with Gasteiger partial charge in [-0.3, -0.25) is 0 Å². The highest BCUT2D eigenvalue weighted by Crippen LogP contribution is 2.21. The van der Waals surface area contributed by atoms with Gasteiger partial charge in [0.1, 0.15) is 5.82 Å². The Morgan fingerprint density at radius 2 is 2.29 bits per heavy atom. The number of nitrogens with zero attached hydrogens (tertiary/aromatic N) is 1. The molecule has 21 heavy (non-hydrogen) atoms. The molecule has 0 amide bonds. The summed E-state index contributed by atoms with van der Waals surface area (Å²) in [6, 6.07) is 7.15. The number of benzene rings is 1. The van der Waals surface area contributed by atoms with E-state index >= 15 is 0 Å². The first kappa shape index (κ1) is 16.5. The van der Waals surface area contributed by atoms with Gasteiger partial charge in [0.2, 0.25) is 0 Å². The van der Waals surface area contributed by atoms with Crippen LogP contribution in [0.5, 0.6) is 0 Å². The molecule has 0 bridgehead atoms. The van der Waals surface area contributed by atoms with Crippen LogP contribution < -0.4 is 5.32 Å². The average Bonchev–Trinajstić information content (AvgIpc) is 2.87. The topological polar surface area (TPSA) is 24.9 Å². The predicted molar refractivity (Wildman–Crippen MR) is 89.8 cm³/mol. The van der Waals surface area contributed by atoms with E-state index < -0.39 is 0 Å². The summed E-state index contributed by atoms with van der Waals surface area (Å²) in [6.45, 7) is 5.19. The van der Waals surface area contributed by atoms with Gasteiger partial charge in [0.15, 0.2) is 0 Å². The van der Waals surface area contributed by atoms with Gasteiger partial charge in [-0.15, -0.1) is 23.1 Å². The zero-order valence-electron chi connectivity index (χ0n) is 12.4. The van der Waals surface area contributed by atoms with Crippen LogP contribution in [0.25, 0.3) is 0 Å². The minimum atomic E-state index is -0.173. The van der Waals surface area contributed by atoms with E-state index in [0.29, 0.717) is 6.04 Å². The lowest BCUT2D eigenvalue weighted by molar-refractivity contribution is 0.546. The quantitative estimate of drug-likeness (QED) is 0.733. The second-order valence-electron chi connectivity index (χ2n) is 4.98. The molecule has 1 N–H and O–H groups in total. The molecule has 0 saturated carbocycles. The molecule has 1 atom stereocenters. The molecule has 2 rings (SSSR count). The zero-order chi connectivity index (χ0) is 15.1. The summed E-state index contributed by atoms with van der Waals surface area (Å²) in [5, 5.41) is 6.80. The summed E-state index contributed by atoms with van der Waals surface area (Å²) >= 11 is 3.38. The van der Waals surface area contributed by atoms with Crippen LogP contribution >= 0.6 is 23.1 Å². The number of aromatic nitrogens is 1. The molecular formula is C16H21FN2S2. The molecule has 1 aromatic heterocycles. The summed E-state index contributed by atoms with van der Waals surface area (Å²) in [7, 11) is 0. The number of hydrogen-bond donors (Lipinski definition) is 1. The van der Waals surface area contributed by atoms with Gasteiger partial charge in [0, 0.05) is 28.5 Å². The van der Waals surface area contributed by atoms with Crippen LogP contribution in [0.2, 0.25) is 0 Å². The Hall–Kier alpha value is -0.910. The van der Waals surface area contributed by atoms with Crippen molar-refractivity contribution in [3.63, 3.8) is 0 Å². The Balaban J connectivity index is 1.92. The molecule has 0 fully saturated rings. The highest BCUT2D eigenvalue weighted by molar-refractivity contribution is 7.99. The molecule has 1 heterocycles. The maximum absolute atomic E-state index is 13.2. The van der Waals surface area contributed by atoms with Gasteiger partial charge < -0.3 is 5.32 Å². The number of halogens is 1. The summed E-state index contributed by atoms with van der Waals surface area (Å²) < 4.78 is 13.2. The van der Waals surface area contributed by atoms with Crippen molar-refractivity contribution in [1.82, 2.24) is 10.3 Å². The normalized spacial score (nSPS) is 12.5. The Bertz CT molecular complexity index is 557. The molecule has 5 heteroatoms. The molecule has 0 spiro atoms. The van der Waals surface area contributed by atoms with Gasteiger partial charge in [-0.25, -0.2) is 9.37 Å². The number of nitrogens with one attached hydrogen (secondary N) is 1. The van der Waals surface area contributed by atoms with E-state index in [0.717, 1.165) is 40.7 Å². The van der Waals surface area contributed by atoms with Crippen molar-refractivity contribution in [3.8, 4) is 0 Å². The van der Waals surface area contributed by atoms with Crippen LogP contribution in [0, 0.1) is 12.7 Å². The summed E-state index contributed by atoms with van der Waals surface area (Å²) in [5.41, 5.74) is 1.14. The van der Waals surface area contributed by atoms with E-state index in [-0.39, 0.29) is 5.82 Å². The number of thiazole rings is 1. The van der Waals surface area contributed by atoms with Gasteiger partial charge in [-0.05, 0) is 38.1 Å². The number of aryl methyl sites for hydroxylation is 1. The average molecular weight is 324 g/mol. The van der Waals surface area contributed by atoms with E-state index in [1.54, 1.807) is 35.2 Å². The molecule has 0 aliphatic rings. The van der Waals surface area contributed by atoms with Crippen molar-refractivity contribution >= 4 is 23.1 Å². The van der Waals surface area contributed by atoms with Crippen LogP contribution in [-0.4, -0.2) is 23.3 Å². The van der Waals surface area contributed by atoms with Crippen molar-refractivity contribution in [1.29, 1.82) is 0 Å². The highest BCUT2D eigenvalue weighted by atomic mass is 32.2. The zero-order valence-corrected chi connectivity index (χ0v) is 14.1. The standard InChI is InChI=1S/C16H21FN2S2/c1-3-7-18-14(9-15-11-20-12(2)19-15)10-21-16-6-4-5-13(17)8-16/h4-6,8,11,14,18H,3,7,9-10H2,1-2H3. The first-order valence-corrected chi connectivity index (χ1v) is 9.06. The Kier molecular flexibility index (Phi) is 6.67. The predicted octanol–water partition coefficient (Wildman–Crippen LogP) is 4.29. The minimum absolute atomic E-state index is 0.173. The second-order valence-corrected chi connectivity index (χ2v) is 7.14. The van der Waals surface area contributed by atoms with Crippen molar-refractivity contribution in [2.75, 3.05) is 12.3 Å². The number of thioether (sulfide) groups is 1. The van der Waals surface area contributed by atoms with Gasteiger partial charge in [0.25, 0.3) is 0 Å². The molecule has 0 radical (unpaired) electrons. The fraction of sp³-hybridized carbons (Fsp3) is 0.438. The smallest absolute Gasteiger partial charge is 0.124 e. The van der Waals surface area contributed by atoms with Gasteiger partial charge in [-0.2, -0.15) is 0 Å². The molecule has 0 saturated heterocycles. The first-order valence-electron chi connectivity index (χ1n) is 7.20. The third kappa shape index (κ3) is 5.77. The van der Waals surface area contributed by atoms with E-state index in [1.807, 2.05) is 13.0 Å². The van der Waals surface area contributed by atoms with Crippen molar-refractivity contribution in [3.05, 3.63) is 46.2 Å². The van der Waals surface area contributed by atoms with Crippen LogP contribution in [0.3, 0.4) is 0 Å². The summed E-state index contributed by atoms with van der Waals surface area (Å²) in [4.78, 5) is 5.52. The third-order valence-corrected chi connectivity index (χ3v) is 5.03. The fourth-order valence-electron chi connectivity index (χ4n) is 2.05. The van der Waals surface area contributed by atoms with E-state index in [4.69, 9.17) is 0 Å². The van der Waals surface area contributed by atoms with Gasteiger partial charge in [-0.1, -0.05) is 13.0 Å². The van der Waals surface area contributed by atoms with E-state index in [2.05, 4.69) is 22.6 Å². The molecule has 1 aromatic carbocycles. The number of rotatable bonds is 8.